The number of aromatic carboxylic acids is 1. The van der Waals surface area contributed by atoms with Gasteiger partial charge in [0.15, 0.2) is 10.2 Å². The minimum absolute atomic E-state index is 0.0636. The zero-order valence-electron chi connectivity index (χ0n) is 13.1. The van der Waals surface area contributed by atoms with Gasteiger partial charge in [0, 0.05) is 19.6 Å². The molecule has 0 saturated carbocycles. The maximum Gasteiger partial charge on any atom is 0.453 e. The Labute approximate surface area is 154 Å². The van der Waals surface area contributed by atoms with Gasteiger partial charge in [0.25, 0.3) is 5.78 Å². The standard InChI is InChI=1S/C15H13BrF3N3O4/c16-14(13(25)15(17,18)19)8-20-3-4-22(14)21-5-6-26-11-2-1-9(12(23)24)7-10(11)21/h1-2,5-7,20H,3-4,8H2,(H,23,24). The van der Waals surface area contributed by atoms with E-state index in [1.807, 2.05) is 0 Å². The third-order valence-electron chi connectivity index (χ3n) is 3.98. The fourth-order valence-electron chi connectivity index (χ4n) is 2.78. The zero-order chi connectivity index (χ0) is 19.1. The van der Waals surface area contributed by atoms with Gasteiger partial charge in [0.2, 0.25) is 0 Å². The van der Waals surface area contributed by atoms with E-state index in [1.54, 1.807) is 0 Å². The number of alkyl halides is 4. The molecule has 2 aliphatic heterocycles. The molecule has 0 radical (unpaired) electrons. The van der Waals surface area contributed by atoms with E-state index in [1.165, 1.54) is 40.7 Å². The van der Waals surface area contributed by atoms with Crippen molar-refractivity contribution in [2.45, 2.75) is 10.6 Å². The van der Waals surface area contributed by atoms with Gasteiger partial charge in [0.05, 0.1) is 11.8 Å². The first kappa shape index (κ1) is 18.7. The molecule has 0 spiro atoms. The molecule has 1 aromatic rings. The summed E-state index contributed by atoms with van der Waals surface area (Å²) in [5.41, 5.74) is 0.151. The van der Waals surface area contributed by atoms with E-state index < -0.39 is 22.4 Å². The van der Waals surface area contributed by atoms with Crippen LogP contribution >= 0.6 is 15.9 Å². The van der Waals surface area contributed by atoms with Crippen molar-refractivity contribution in [1.29, 1.82) is 0 Å². The Hall–Kier alpha value is -2.11. The van der Waals surface area contributed by atoms with Crippen molar-refractivity contribution in [3.63, 3.8) is 0 Å². The number of piperazine rings is 1. The van der Waals surface area contributed by atoms with Crippen LogP contribution in [0.4, 0.5) is 18.9 Å². The van der Waals surface area contributed by atoms with Crippen molar-refractivity contribution in [2.75, 3.05) is 24.6 Å². The minimum Gasteiger partial charge on any atom is -0.478 e. The van der Waals surface area contributed by atoms with Crippen LogP contribution in [0, 0.1) is 0 Å². The van der Waals surface area contributed by atoms with Gasteiger partial charge in [-0.2, -0.15) is 18.2 Å². The van der Waals surface area contributed by atoms with Crippen LogP contribution in [0.25, 0.3) is 0 Å². The molecule has 2 heterocycles. The number of carboxylic acids is 1. The van der Waals surface area contributed by atoms with Crippen LogP contribution in [0.1, 0.15) is 10.4 Å². The van der Waals surface area contributed by atoms with E-state index in [9.17, 15) is 22.8 Å². The average Bonchev–Trinajstić information content (AvgIpc) is 2.59. The summed E-state index contributed by atoms with van der Waals surface area (Å²) in [6, 6.07) is 3.99. The predicted octanol–water partition coefficient (Wildman–Crippen LogP) is 2.10. The van der Waals surface area contributed by atoms with Crippen LogP contribution in [-0.4, -0.2) is 52.1 Å². The highest BCUT2D eigenvalue weighted by Crippen LogP contribution is 2.40. The van der Waals surface area contributed by atoms with Crippen LogP contribution in [0.2, 0.25) is 0 Å². The second-order valence-electron chi connectivity index (χ2n) is 5.62. The van der Waals surface area contributed by atoms with E-state index in [0.717, 1.165) is 0 Å². The smallest absolute Gasteiger partial charge is 0.453 e. The molecule has 1 aromatic carbocycles. The van der Waals surface area contributed by atoms with Crippen molar-refractivity contribution in [3.8, 4) is 5.75 Å². The number of carbonyl (C=O) groups excluding carboxylic acids is 1. The van der Waals surface area contributed by atoms with E-state index in [-0.39, 0.29) is 30.1 Å². The fourth-order valence-corrected chi connectivity index (χ4v) is 3.55. The van der Waals surface area contributed by atoms with Gasteiger partial charge in [-0.3, -0.25) is 9.80 Å². The summed E-state index contributed by atoms with van der Waals surface area (Å²) in [4.78, 5) is 23.3. The molecule has 1 fully saturated rings. The van der Waals surface area contributed by atoms with Crippen molar-refractivity contribution < 1.29 is 32.6 Å². The number of carboxylic acid groups (broad SMARTS) is 1. The molecule has 0 aliphatic carbocycles. The second-order valence-corrected chi connectivity index (χ2v) is 6.93. The van der Waals surface area contributed by atoms with Gasteiger partial charge >= 0.3 is 12.1 Å². The van der Waals surface area contributed by atoms with Crippen molar-refractivity contribution in [3.05, 3.63) is 36.2 Å². The number of hydrazine groups is 1. The van der Waals surface area contributed by atoms with Gasteiger partial charge < -0.3 is 15.2 Å². The maximum absolute atomic E-state index is 13.1. The van der Waals surface area contributed by atoms with Crippen LogP contribution in [0.3, 0.4) is 0 Å². The highest BCUT2D eigenvalue weighted by Gasteiger charge is 2.57. The third-order valence-corrected chi connectivity index (χ3v) is 5.03. The highest BCUT2D eigenvalue weighted by molar-refractivity contribution is 9.10. The molecule has 0 bridgehead atoms. The lowest BCUT2D eigenvalue weighted by Crippen LogP contribution is -2.68. The molecule has 26 heavy (non-hydrogen) atoms. The first-order chi connectivity index (χ1) is 12.1. The summed E-state index contributed by atoms with van der Waals surface area (Å²) in [5.74, 6) is -2.91. The van der Waals surface area contributed by atoms with E-state index >= 15 is 0 Å². The summed E-state index contributed by atoms with van der Waals surface area (Å²) in [5, 5.41) is 14.4. The van der Waals surface area contributed by atoms with Crippen molar-refractivity contribution >= 4 is 33.4 Å². The van der Waals surface area contributed by atoms with E-state index in [4.69, 9.17) is 9.84 Å². The summed E-state index contributed by atoms with van der Waals surface area (Å²) in [7, 11) is 0. The molecule has 1 saturated heterocycles. The molecule has 140 valence electrons. The SMILES string of the molecule is O=C(O)c1ccc2c(c1)N(N1CCNCC1(Br)C(=O)C(F)(F)F)C=CO2. The molecule has 7 nitrogen and oxygen atoms in total. The lowest BCUT2D eigenvalue weighted by Gasteiger charge is -2.48. The molecule has 0 amide bonds. The van der Waals surface area contributed by atoms with Crippen LogP contribution in [-0.2, 0) is 4.79 Å². The maximum atomic E-state index is 13.1. The highest BCUT2D eigenvalue weighted by atomic mass is 79.9. The summed E-state index contributed by atoms with van der Waals surface area (Å²) < 4.78 is 42.6. The molecule has 2 aliphatic rings. The van der Waals surface area contributed by atoms with Crippen molar-refractivity contribution in [1.82, 2.24) is 10.3 Å². The zero-order valence-corrected chi connectivity index (χ0v) is 14.7. The van der Waals surface area contributed by atoms with Gasteiger partial charge in [0.1, 0.15) is 11.9 Å². The molecule has 3 rings (SSSR count). The molecule has 0 aromatic heterocycles. The number of hydrogen-bond acceptors (Lipinski definition) is 6. The molecule has 1 atom stereocenters. The first-order valence-corrected chi connectivity index (χ1v) is 8.22. The normalized spacial score (nSPS) is 23.3. The third kappa shape index (κ3) is 3.17. The number of carbonyl (C=O) groups is 2. The Balaban J connectivity index is 2.05. The minimum atomic E-state index is -5.05. The Morgan fingerprint density at radius 3 is 2.73 bits per heavy atom. The van der Waals surface area contributed by atoms with Gasteiger partial charge in [-0.15, -0.1) is 0 Å². The number of rotatable bonds is 3. The molecule has 11 heteroatoms. The molecule has 2 N–H and O–H groups in total. The number of ether oxygens (including phenoxy) is 1. The van der Waals surface area contributed by atoms with Crippen LogP contribution in [0.15, 0.2) is 30.7 Å². The second kappa shape index (κ2) is 6.56. The monoisotopic (exact) mass is 435 g/mol. The topological polar surface area (TPSA) is 82.1 Å². The van der Waals surface area contributed by atoms with Crippen molar-refractivity contribution in [2.24, 2.45) is 0 Å². The lowest BCUT2D eigenvalue weighted by atomic mass is 10.1. The lowest BCUT2D eigenvalue weighted by molar-refractivity contribution is -0.179. The van der Waals surface area contributed by atoms with E-state index in [0.29, 0.717) is 6.54 Å². The Morgan fingerprint density at radius 2 is 2.08 bits per heavy atom. The molecule has 1 unspecified atom stereocenters. The van der Waals surface area contributed by atoms with Gasteiger partial charge in [-0.05, 0) is 18.2 Å². The number of benzene rings is 1. The van der Waals surface area contributed by atoms with Crippen LogP contribution < -0.4 is 15.1 Å². The number of Topliss-reactive ketones (excluding diaryl/α,β-unsaturated/α-hetero) is 1. The number of anilines is 1. The first-order valence-electron chi connectivity index (χ1n) is 7.43. The molecular weight excluding hydrogens is 423 g/mol. The summed E-state index contributed by atoms with van der Waals surface area (Å²) in [6.45, 7) is 0.107. The summed E-state index contributed by atoms with van der Waals surface area (Å²) >= 11 is 2.96. The average molecular weight is 436 g/mol. The van der Waals surface area contributed by atoms with Gasteiger partial charge in [-0.25, -0.2) is 4.79 Å². The Kier molecular flexibility index (Phi) is 4.71. The number of nitrogens with zero attached hydrogens (tertiary/aromatic N) is 2. The molecular formula is C15H13BrF3N3O4. The predicted molar refractivity (Wildman–Crippen MR) is 87.9 cm³/mol. The summed E-state index contributed by atoms with van der Waals surface area (Å²) in [6.07, 6.45) is -2.47. The Bertz CT molecular complexity index is 786. The number of hydrogen-bond donors (Lipinski definition) is 2. The number of fused-ring (bicyclic) bond motifs is 1. The van der Waals surface area contributed by atoms with E-state index in [2.05, 4.69) is 21.2 Å². The quantitative estimate of drug-likeness (QED) is 0.555. The largest absolute Gasteiger partial charge is 0.478 e. The van der Waals surface area contributed by atoms with Crippen LogP contribution in [0.5, 0.6) is 5.75 Å². The number of nitrogens with one attached hydrogen (secondary N) is 1. The Morgan fingerprint density at radius 1 is 1.35 bits per heavy atom. The number of ketones is 1. The van der Waals surface area contributed by atoms with Gasteiger partial charge in [-0.1, -0.05) is 15.9 Å². The fraction of sp³-hybridized carbons (Fsp3) is 0.333. The number of halogens is 4.